The molecule has 184 valence electrons. The van der Waals surface area contributed by atoms with E-state index in [1.54, 1.807) is 26.2 Å². The maximum absolute atomic E-state index is 12.6. The molecule has 0 radical (unpaired) electrons. The molecule has 0 saturated carbocycles. The van der Waals surface area contributed by atoms with E-state index in [2.05, 4.69) is 16.8 Å². The lowest BCUT2D eigenvalue weighted by Gasteiger charge is -2.16. The maximum atomic E-state index is 12.6. The van der Waals surface area contributed by atoms with E-state index in [0.29, 0.717) is 17.8 Å². The Morgan fingerprint density at radius 1 is 1.12 bits per heavy atom. The van der Waals surface area contributed by atoms with Gasteiger partial charge in [-0.3, -0.25) is 4.79 Å². The summed E-state index contributed by atoms with van der Waals surface area (Å²) in [5, 5.41) is 3.37. The van der Waals surface area contributed by atoms with Crippen molar-refractivity contribution in [3.8, 4) is 5.75 Å². The van der Waals surface area contributed by atoms with Crippen LogP contribution in [0.5, 0.6) is 5.75 Å². The van der Waals surface area contributed by atoms with Gasteiger partial charge >= 0.3 is 0 Å². The first-order chi connectivity index (χ1) is 16.0. The van der Waals surface area contributed by atoms with Crippen LogP contribution in [-0.4, -0.2) is 67.9 Å². The average Bonchev–Trinajstić information content (AvgIpc) is 3.13. The molecule has 0 bridgehead atoms. The van der Waals surface area contributed by atoms with Crippen LogP contribution in [0.25, 0.3) is 11.0 Å². The molecule has 0 aliphatic rings. The van der Waals surface area contributed by atoms with Gasteiger partial charge in [-0.1, -0.05) is 13.0 Å². The number of sulfonamides is 1. The number of amides is 1. The fourth-order valence-electron chi connectivity index (χ4n) is 3.48. The van der Waals surface area contributed by atoms with E-state index in [1.165, 1.54) is 23.3 Å². The highest BCUT2D eigenvalue weighted by molar-refractivity contribution is 7.89. The van der Waals surface area contributed by atoms with Crippen molar-refractivity contribution < 1.29 is 17.9 Å². The molecule has 1 amide bonds. The molecule has 0 fully saturated rings. The number of aromatic nitrogens is 2. The van der Waals surface area contributed by atoms with Gasteiger partial charge in [-0.25, -0.2) is 17.7 Å². The largest absolute Gasteiger partial charge is 0.482 e. The van der Waals surface area contributed by atoms with Gasteiger partial charge in [0.15, 0.2) is 6.61 Å². The minimum atomic E-state index is -3.55. The highest BCUT2D eigenvalue weighted by atomic mass is 32.2. The van der Waals surface area contributed by atoms with Crippen molar-refractivity contribution in [1.29, 1.82) is 0 Å². The van der Waals surface area contributed by atoms with E-state index in [4.69, 9.17) is 9.72 Å². The minimum absolute atomic E-state index is 0.0530. The summed E-state index contributed by atoms with van der Waals surface area (Å²) in [5.41, 5.74) is 3.28. The maximum Gasteiger partial charge on any atom is 0.259 e. The van der Waals surface area contributed by atoms with Crippen LogP contribution in [0.3, 0.4) is 0 Å². The second-order valence-electron chi connectivity index (χ2n) is 8.55. The molecule has 3 aromatic rings. The fourth-order valence-corrected chi connectivity index (χ4v) is 4.40. The average molecular weight is 488 g/mol. The molecule has 0 spiro atoms. The van der Waals surface area contributed by atoms with Crippen molar-refractivity contribution in [2.24, 2.45) is 0 Å². The number of hydrogen-bond acceptors (Lipinski definition) is 6. The summed E-state index contributed by atoms with van der Waals surface area (Å²) in [6, 6.07) is 10.8. The summed E-state index contributed by atoms with van der Waals surface area (Å²) in [7, 11) is 2.85. The third-order valence-electron chi connectivity index (χ3n) is 5.45. The monoisotopic (exact) mass is 487 g/mol. The van der Waals surface area contributed by atoms with Gasteiger partial charge in [0.2, 0.25) is 10.0 Å². The molecule has 1 heterocycles. The SMILES string of the molecule is CCCn1c(CNc2ccc(C)cc2OCC(=O)N(C)C)nc2cc(S(=O)(=O)N(C)C)ccc21. The van der Waals surface area contributed by atoms with Gasteiger partial charge < -0.3 is 19.5 Å². The van der Waals surface area contributed by atoms with Gasteiger partial charge in [-0.2, -0.15) is 0 Å². The van der Waals surface area contributed by atoms with E-state index in [0.717, 1.165) is 35.6 Å². The number of anilines is 1. The van der Waals surface area contributed by atoms with E-state index in [-0.39, 0.29) is 17.4 Å². The normalized spacial score (nSPS) is 11.7. The number of nitrogens with zero attached hydrogens (tertiary/aromatic N) is 4. The van der Waals surface area contributed by atoms with Gasteiger partial charge in [0, 0.05) is 34.7 Å². The molecule has 0 aliphatic heterocycles. The van der Waals surface area contributed by atoms with Crippen molar-refractivity contribution in [1.82, 2.24) is 18.8 Å². The first kappa shape index (κ1) is 25.5. The topological polar surface area (TPSA) is 96.8 Å². The van der Waals surface area contributed by atoms with E-state index >= 15 is 0 Å². The summed E-state index contributed by atoms with van der Waals surface area (Å²) in [4.78, 5) is 18.4. The smallest absolute Gasteiger partial charge is 0.259 e. The molecule has 3 rings (SSSR count). The molecular weight excluding hydrogens is 454 g/mol. The summed E-state index contributed by atoms with van der Waals surface area (Å²) in [5.74, 6) is 1.25. The zero-order valence-electron chi connectivity index (χ0n) is 20.6. The molecule has 0 aliphatic carbocycles. The Balaban J connectivity index is 1.90. The lowest BCUT2D eigenvalue weighted by atomic mass is 10.2. The second-order valence-corrected chi connectivity index (χ2v) is 10.7. The molecule has 9 nitrogen and oxygen atoms in total. The summed E-state index contributed by atoms with van der Waals surface area (Å²) >= 11 is 0. The molecule has 1 aromatic heterocycles. The Morgan fingerprint density at radius 2 is 1.85 bits per heavy atom. The predicted molar refractivity (Wildman–Crippen MR) is 134 cm³/mol. The third kappa shape index (κ3) is 5.51. The first-order valence-corrected chi connectivity index (χ1v) is 12.6. The number of imidazole rings is 1. The van der Waals surface area contributed by atoms with Crippen LogP contribution in [-0.2, 0) is 27.9 Å². The van der Waals surface area contributed by atoms with E-state index < -0.39 is 10.0 Å². The minimum Gasteiger partial charge on any atom is -0.482 e. The number of hydrogen-bond donors (Lipinski definition) is 1. The van der Waals surface area contributed by atoms with Crippen LogP contribution in [0.4, 0.5) is 5.69 Å². The summed E-state index contributed by atoms with van der Waals surface area (Å²) < 4.78 is 34.2. The standard InChI is InChI=1S/C24H33N5O4S/c1-7-12-29-21-11-9-18(34(31,32)28(5)6)14-20(21)26-23(29)15-25-19-10-8-17(2)13-22(19)33-16-24(30)27(3)4/h8-11,13-14,25H,7,12,15-16H2,1-6H3. The van der Waals surface area contributed by atoms with E-state index in [9.17, 15) is 13.2 Å². The van der Waals surface area contributed by atoms with Crippen LogP contribution in [0.2, 0.25) is 0 Å². The number of carbonyl (C=O) groups excluding carboxylic acids is 1. The van der Waals surface area contributed by atoms with Crippen molar-refractivity contribution in [3.05, 3.63) is 47.8 Å². The fraction of sp³-hybridized carbons (Fsp3) is 0.417. The molecule has 0 unspecified atom stereocenters. The number of likely N-dealkylation sites (N-methyl/N-ethyl adjacent to an activating group) is 1. The quantitative estimate of drug-likeness (QED) is 0.472. The van der Waals surface area contributed by atoms with Gasteiger partial charge in [0.25, 0.3) is 5.91 Å². The molecule has 0 saturated heterocycles. The zero-order chi connectivity index (χ0) is 25.0. The molecule has 0 atom stereocenters. The van der Waals surface area contributed by atoms with Gasteiger partial charge in [-0.15, -0.1) is 0 Å². The molecule has 1 N–H and O–H groups in total. The number of benzene rings is 2. The predicted octanol–water partition coefficient (Wildman–Crippen LogP) is 3.08. The van der Waals surface area contributed by atoms with E-state index in [1.807, 2.05) is 31.2 Å². The van der Waals surface area contributed by atoms with Crippen LogP contribution < -0.4 is 10.1 Å². The van der Waals surface area contributed by atoms with Gasteiger partial charge in [-0.05, 0) is 49.2 Å². The van der Waals surface area contributed by atoms with Crippen LogP contribution in [0.1, 0.15) is 24.7 Å². The van der Waals surface area contributed by atoms with Crippen LogP contribution >= 0.6 is 0 Å². The zero-order valence-corrected chi connectivity index (χ0v) is 21.4. The third-order valence-corrected chi connectivity index (χ3v) is 7.26. The van der Waals surface area contributed by atoms with Crippen molar-refractivity contribution >= 4 is 32.7 Å². The Labute approximate surface area is 201 Å². The number of carbonyl (C=O) groups is 1. The number of rotatable bonds is 10. The van der Waals surface area contributed by atoms with Crippen LogP contribution in [0, 0.1) is 6.92 Å². The number of fused-ring (bicyclic) bond motifs is 1. The van der Waals surface area contributed by atoms with Crippen LogP contribution in [0.15, 0.2) is 41.3 Å². The Morgan fingerprint density at radius 3 is 2.50 bits per heavy atom. The lowest BCUT2D eigenvalue weighted by molar-refractivity contribution is -0.130. The van der Waals surface area contributed by atoms with Crippen molar-refractivity contribution in [2.75, 3.05) is 40.1 Å². The summed E-state index contributed by atoms with van der Waals surface area (Å²) in [6.07, 6.45) is 0.905. The number of ether oxygens (including phenoxy) is 1. The Kier molecular flexibility index (Phi) is 7.83. The summed E-state index contributed by atoms with van der Waals surface area (Å²) in [6.45, 7) is 5.15. The highest BCUT2D eigenvalue weighted by Crippen LogP contribution is 2.28. The Bertz CT molecular complexity index is 1280. The lowest BCUT2D eigenvalue weighted by Crippen LogP contribution is -2.27. The van der Waals surface area contributed by atoms with Crippen molar-refractivity contribution in [2.45, 2.75) is 38.3 Å². The van der Waals surface area contributed by atoms with Gasteiger partial charge in [0.1, 0.15) is 11.6 Å². The van der Waals surface area contributed by atoms with Gasteiger partial charge in [0.05, 0.1) is 28.2 Å². The molecule has 2 aromatic carbocycles. The highest BCUT2D eigenvalue weighted by Gasteiger charge is 2.20. The number of aryl methyl sites for hydroxylation is 2. The number of nitrogens with one attached hydrogen (secondary N) is 1. The van der Waals surface area contributed by atoms with Crippen molar-refractivity contribution in [3.63, 3.8) is 0 Å². The molecule has 10 heteroatoms. The molecular formula is C24H33N5O4S. The first-order valence-electron chi connectivity index (χ1n) is 11.1. The molecule has 34 heavy (non-hydrogen) atoms. The Hall–Kier alpha value is -3.11. The second kappa shape index (κ2) is 10.4.